The van der Waals surface area contributed by atoms with Gasteiger partial charge in [-0.2, -0.15) is 5.11 Å². The molecule has 1 aliphatic rings. The van der Waals surface area contributed by atoms with Crippen molar-refractivity contribution in [2.45, 2.75) is 5.37 Å². The molecule has 1 aliphatic heterocycles. The van der Waals surface area contributed by atoms with E-state index in [4.69, 9.17) is 11.6 Å². The number of nitrogens with zero attached hydrogens (tertiary/aromatic N) is 2. The number of thiophene rings is 1. The molecule has 2 heterocycles. The van der Waals surface area contributed by atoms with Crippen LogP contribution in [0.2, 0.25) is 5.02 Å². The lowest BCUT2D eigenvalue weighted by Gasteiger charge is -2.14. The number of Topliss-reactive ketones (excluding diaryl/α,β-unsaturated/α-hetero) is 1. The van der Waals surface area contributed by atoms with Crippen molar-refractivity contribution in [3.63, 3.8) is 0 Å². The first-order valence-electron chi connectivity index (χ1n) is 8.37. The van der Waals surface area contributed by atoms with E-state index in [0.717, 1.165) is 28.5 Å². The van der Waals surface area contributed by atoms with Crippen molar-refractivity contribution in [1.29, 1.82) is 0 Å². The second-order valence-electron chi connectivity index (χ2n) is 5.98. The molecule has 3 aromatic rings. The Bertz CT molecular complexity index is 1090. The van der Waals surface area contributed by atoms with E-state index in [2.05, 4.69) is 10.2 Å². The molecule has 1 amide bonds. The number of halogens is 1. The highest BCUT2D eigenvalue weighted by Gasteiger charge is 2.29. The van der Waals surface area contributed by atoms with Crippen molar-refractivity contribution in [3.05, 3.63) is 86.4 Å². The minimum Gasteiger partial charge on any atom is -0.290 e. The van der Waals surface area contributed by atoms with Crippen LogP contribution in [0.1, 0.15) is 15.2 Å². The van der Waals surface area contributed by atoms with Crippen molar-refractivity contribution < 1.29 is 9.59 Å². The number of rotatable bonds is 4. The molecule has 138 valence electrons. The Morgan fingerprint density at radius 1 is 1.04 bits per heavy atom. The quantitative estimate of drug-likeness (QED) is 0.362. The molecule has 4 rings (SSSR count). The van der Waals surface area contributed by atoms with Gasteiger partial charge < -0.3 is 0 Å². The summed E-state index contributed by atoms with van der Waals surface area (Å²) < 4.78 is 0. The molecule has 0 bridgehead atoms. The van der Waals surface area contributed by atoms with Crippen LogP contribution in [0.15, 0.2) is 81.2 Å². The molecule has 1 aromatic heterocycles. The molecule has 0 spiro atoms. The summed E-state index contributed by atoms with van der Waals surface area (Å²) in [6.07, 6.45) is 1.74. The number of thioether (sulfide) groups is 1. The third-order valence-corrected chi connectivity index (χ3v) is 6.32. The number of benzene rings is 2. The zero-order valence-corrected chi connectivity index (χ0v) is 16.8. The first kappa shape index (κ1) is 18.8. The van der Waals surface area contributed by atoms with Crippen molar-refractivity contribution in [2.24, 2.45) is 10.2 Å². The number of carbonyl (C=O) groups excluding carboxylic acids is 2. The Morgan fingerprint density at radius 2 is 1.79 bits per heavy atom. The lowest BCUT2D eigenvalue weighted by Crippen LogP contribution is -2.18. The van der Waals surface area contributed by atoms with Gasteiger partial charge in [0, 0.05) is 5.02 Å². The van der Waals surface area contributed by atoms with Gasteiger partial charge in [-0.15, -0.1) is 16.5 Å². The van der Waals surface area contributed by atoms with Gasteiger partial charge in [0.05, 0.1) is 9.78 Å². The lowest BCUT2D eigenvalue weighted by molar-refractivity contribution is -0.114. The van der Waals surface area contributed by atoms with Gasteiger partial charge in [0.15, 0.2) is 5.37 Å². The van der Waals surface area contributed by atoms with Crippen LogP contribution in [0.4, 0.5) is 0 Å². The first-order chi connectivity index (χ1) is 13.6. The van der Waals surface area contributed by atoms with Crippen LogP contribution < -0.4 is 0 Å². The average molecular weight is 425 g/mol. The van der Waals surface area contributed by atoms with Crippen molar-refractivity contribution in [1.82, 2.24) is 0 Å². The van der Waals surface area contributed by atoms with Crippen molar-refractivity contribution in [3.8, 4) is 11.1 Å². The Hall–Kier alpha value is -2.54. The van der Waals surface area contributed by atoms with Crippen LogP contribution >= 0.6 is 34.7 Å². The van der Waals surface area contributed by atoms with E-state index >= 15 is 0 Å². The maximum absolute atomic E-state index is 12.9. The molecule has 0 radical (unpaired) electrons. The first-order valence-corrected chi connectivity index (χ1v) is 10.5. The third kappa shape index (κ3) is 4.14. The fourth-order valence-corrected chi connectivity index (χ4v) is 4.63. The molecule has 0 saturated carbocycles. The predicted octanol–water partition coefficient (Wildman–Crippen LogP) is 6.34. The predicted molar refractivity (Wildman–Crippen MR) is 115 cm³/mol. The van der Waals surface area contributed by atoms with Gasteiger partial charge in [-0.3, -0.25) is 9.59 Å². The fourth-order valence-electron chi connectivity index (χ4n) is 2.63. The SMILES string of the molecule is O=C1N=NC(C(=O)c2cc(-c3ccc(Cl)cc3)cs2)SC1=Cc1ccccc1. The van der Waals surface area contributed by atoms with Crippen LogP contribution in [0.5, 0.6) is 0 Å². The molecule has 7 heteroatoms. The second-order valence-corrected chi connectivity index (χ2v) is 8.45. The van der Waals surface area contributed by atoms with Gasteiger partial charge in [0.2, 0.25) is 5.78 Å². The summed E-state index contributed by atoms with van der Waals surface area (Å²) in [4.78, 5) is 25.9. The van der Waals surface area contributed by atoms with E-state index in [9.17, 15) is 9.59 Å². The second kappa shape index (κ2) is 8.22. The maximum Gasteiger partial charge on any atom is 0.301 e. The molecule has 0 saturated heterocycles. The van der Waals surface area contributed by atoms with E-state index in [0.29, 0.717) is 14.8 Å². The van der Waals surface area contributed by atoms with E-state index in [1.165, 1.54) is 11.3 Å². The van der Waals surface area contributed by atoms with Crippen LogP contribution in [0.25, 0.3) is 17.2 Å². The Morgan fingerprint density at radius 3 is 2.54 bits per heavy atom. The van der Waals surface area contributed by atoms with Gasteiger partial charge in [-0.1, -0.05) is 65.8 Å². The van der Waals surface area contributed by atoms with Crippen LogP contribution in [0, 0.1) is 0 Å². The number of hydrogen-bond donors (Lipinski definition) is 0. The number of carbonyl (C=O) groups is 2. The maximum atomic E-state index is 12.9. The summed E-state index contributed by atoms with van der Waals surface area (Å²) in [6.45, 7) is 0. The van der Waals surface area contributed by atoms with E-state index < -0.39 is 11.3 Å². The highest BCUT2D eigenvalue weighted by Crippen LogP contribution is 2.35. The fraction of sp³-hybridized carbons (Fsp3) is 0.0476. The summed E-state index contributed by atoms with van der Waals surface area (Å²) in [5.41, 5.74) is 2.80. The van der Waals surface area contributed by atoms with Crippen LogP contribution in [0.3, 0.4) is 0 Å². The van der Waals surface area contributed by atoms with Crippen LogP contribution in [-0.4, -0.2) is 17.1 Å². The number of azo groups is 1. The van der Waals surface area contributed by atoms with Gasteiger partial charge in [0.25, 0.3) is 0 Å². The number of ketones is 1. The normalized spacial score (nSPS) is 17.8. The number of amides is 1. The highest BCUT2D eigenvalue weighted by atomic mass is 35.5. The highest BCUT2D eigenvalue weighted by molar-refractivity contribution is 8.05. The Labute approximate surface area is 175 Å². The topological polar surface area (TPSA) is 58.9 Å². The van der Waals surface area contributed by atoms with Gasteiger partial charge in [-0.05, 0) is 46.3 Å². The minimum atomic E-state index is -0.760. The molecular formula is C21H13ClN2O2S2. The summed E-state index contributed by atoms with van der Waals surface area (Å²) in [6, 6.07) is 18.7. The van der Waals surface area contributed by atoms with E-state index in [1.807, 2.05) is 66.0 Å². The van der Waals surface area contributed by atoms with Crippen molar-refractivity contribution >= 4 is 52.5 Å². The van der Waals surface area contributed by atoms with E-state index in [1.54, 1.807) is 6.08 Å². The molecule has 1 atom stereocenters. The van der Waals surface area contributed by atoms with Crippen molar-refractivity contribution in [2.75, 3.05) is 0 Å². The zero-order valence-electron chi connectivity index (χ0n) is 14.4. The average Bonchev–Trinajstić information content (AvgIpc) is 3.21. The van der Waals surface area contributed by atoms with Gasteiger partial charge in [0.1, 0.15) is 0 Å². The molecule has 0 aliphatic carbocycles. The molecule has 0 fully saturated rings. The summed E-state index contributed by atoms with van der Waals surface area (Å²) in [5, 5.41) is 9.41. The zero-order chi connectivity index (χ0) is 19.5. The Balaban J connectivity index is 1.55. The molecule has 2 aromatic carbocycles. The van der Waals surface area contributed by atoms with Gasteiger partial charge in [-0.25, -0.2) is 0 Å². The smallest absolute Gasteiger partial charge is 0.290 e. The Kier molecular flexibility index (Phi) is 5.52. The number of hydrogen-bond acceptors (Lipinski definition) is 5. The monoisotopic (exact) mass is 424 g/mol. The minimum absolute atomic E-state index is 0.162. The molecule has 28 heavy (non-hydrogen) atoms. The molecule has 4 nitrogen and oxygen atoms in total. The van der Waals surface area contributed by atoms with Crippen LogP contribution in [-0.2, 0) is 4.79 Å². The van der Waals surface area contributed by atoms with Gasteiger partial charge >= 0.3 is 5.91 Å². The third-order valence-electron chi connectivity index (χ3n) is 4.04. The molecule has 0 N–H and O–H groups in total. The molecule has 1 unspecified atom stereocenters. The lowest BCUT2D eigenvalue weighted by atomic mass is 10.1. The standard InChI is InChI=1S/C21H13ClN2O2S2/c22-16-8-6-14(7-9-16)15-11-17(27-12-15)19(25)21-24-23-20(26)18(28-21)10-13-4-2-1-3-5-13/h1-12,21H. The summed E-state index contributed by atoms with van der Waals surface area (Å²) in [7, 11) is 0. The largest absolute Gasteiger partial charge is 0.301 e. The summed E-state index contributed by atoms with van der Waals surface area (Å²) >= 11 is 8.42. The van der Waals surface area contributed by atoms with E-state index in [-0.39, 0.29) is 5.78 Å². The molecular weight excluding hydrogens is 412 g/mol. The summed E-state index contributed by atoms with van der Waals surface area (Å²) in [5.74, 6) is -0.587.